The fourth-order valence-electron chi connectivity index (χ4n) is 2.25. The number of benzene rings is 1. The van der Waals surface area contributed by atoms with E-state index in [0.29, 0.717) is 5.69 Å². The van der Waals surface area contributed by atoms with Crippen LogP contribution in [0.2, 0.25) is 0 Å². The van der Waals surface area contributed by atoms with Crippen molar-refractivity contribution in [2.45, 2.75) is 6.92 Å². The van der Waals surface area contributed by atoms with Gasteiger partial charge < -0.3 is 5.11 Å². The molecule has 0 aliphatic heterocycles. The largest absolute Gasteiger partial charge is 0.476 e. The predicted octanol–water partition coefficient (Wildman–Crippen LogP) is 2.00. The van der Waals surface area contributed by atoms with Crippen molar-refractivity contribution in [3.05, 3.63) is 53.4 Å². The van der Waals surface area contributed by atoms with Gasteiger partial charge in [-0.05, 0) is 19.1 Å². The third kappa shape index (κ3) is 2.76. The van der Waals surface area contributed by atoms with Gasteiger partial charge in [-0.25, -0.2) is 27.2 Å². The van der Waals surface area contributed by atoms with Crippen molar-refractivity contribution in [3.63, 3.8) is 0 Å². The van der Waals surface area contributed by atoms with Gasteiger partial charge in [0.1, 0.15) is 5.00 Å². The van der Waals surface area contributed by atoms with Crippen molar-refractivity contribution in [2.24, 2.45) is 0 Å². The summed E-state index contributed by atoms with van der Waals surface area (Å²) in [7, 11) is -3.12. The van der Waals surface area contributed by atoms with Gasteiger partial charge in [0.15, 0.2) is 5.69 Å². The summed E-state index contributed by atoms with van der Waals surface area (Å²) in [6, 6.07) is 9.21. The highest BCUT2D eigenvalue weighted by molar-refractivity contribution is 7.74. The number of aromatic carboxylic acids is 1. The molecule has 10 heteroatoms. The van der Waals surface area contributed by atoms with Gasteiger partial charge in [-0.1, -0.05) is 18.2 Å². The normalized spacial score (nSPS) is 10.9. The number of carboxylic acids is 1. The molecule has 0 fully saturated rings. The van der Waals surface area contributed by atoms with Gasteiger partial charge >= 0.3 is 5.97 Å². The first-order valence-electron chi connectivity index (χ1n) is 6.72. The molecule has 24 heavy (non-hydrogen) atoms. The van der Waals surface area contributed by atoms with Crippen LogP contribution in [0.5, 0.6) is 0 Å². The first-order valence-corrected chi connectivity index (χ1v) is 8.73. The van der Waals surface area contributed by atoms with E-state index in [-0.39, 0.29) is 16.4 Å². The molecule has 8 nitrogen and oxygen atoms in total. The topological polar surface area (TPSA) is 105 Å². The second-order valence-corrected chi connectivity index (χ2v) is 6.43. The van der Waals surface area contributed by atoms with E-state index in [9.17, 15) is 18.3 Å². The highest BCUT2D eigenvalue weighted by atomic mass is 32.2. The molecule has 0 aliphatic rings. The Kier molecular flexibility index (Phi) is 4.32. The zero-order chi connectivity index (χ0) is 17.3. The number of thiol groups is 1. The molecule has 0 amide bonds. The number of nitrogens with zero attached hydrogens (tertiary/aromatic N) is 4. The van der Waals surface area contributed by atoms with E-state index in [0.717, 1.165) is 21.3 Å². The van der Waals surface area contributed by atoms with E-state index in [1.54, 1.807) is 11.6 Å². The van der Waals surface area contributed by atoms with Gasteiger partial charge in [0.2, 0.25) is 10.9 Å². The molecule has 3 aromatic rings. The molecule has 0 spiro atoms. The lowest BCUT2D eigenvalue weighted by atomic mass is 10.3. The molecular weight excluding hydrogens is 352 g/mol. The third-order valence-electron chi connectivity index (χ3n) is 3.32. The molecule has 0 saturated carbocycles. The number of aromatic nitrogens is 3. The fourth-order valence-corrected chi connectivity index (χ4v) is 3.91. The van der Waals surface area contributed by atoms with Crippen molar-refractivity contribution < 1.29 is 18.3 Å². The minimum absolute atomic E-state index is 0.0225. The number of hydrogen-bond donors (Lipinski definition) is 2. The van der Waals surface area contributed by atoms with Crippen molar-refractivity contribution in [2.75, 3.05) is 4.31 Å². The van der Waals surface area contributed by atoms with Crippen LogP contribution in [0.4, 0.5) is 10.7 Å². The first kappa shape index (κ1) is 16.1. The summed E-state index contributed by atoms with van der Waals surface area (Å²) in [6.45, 7) is 1.71. The minimum atomic E-state index is -3.12. The van der Waals surface area contributed by atoms with Crippen LogP contribution in [0.3, 0.4) is 0 Å². The van der Waals surface area contributed by atoms with Gasteiger partial charge in [0, 0.05) is 0 Å². The summed E-state index contributed by atoms with van der Waals surface area (Å²) < 4.78 is 26.1. The van der Waals surface area contributed by atoms with Crippen LogP contribution in [0.15, 0.2) is 42.0 Å². The number of thiazole rings is 1. The lowest BCUT2D eigenvalue weighted by Crippen LogP contribution is -2.17. The Bertz CT molecular complexity index is 954. The Morgan fingerprint density at radius 3 is 2.62 bits per heavy atom. The Morgan fingerprint density at radius 2 is 2.00 bits per heavy atom. The number of carboxylic acid groups (broad SMARTS) is 1. The molecule has 0 saturated heterocycles. The second-order valence-electron chi connectivity index (χ2n) is 4.72. The summed E-state index contributed by atoms with van der Waals surface area (Å²) in [5, 5.41) is 13.4. The monoisotopic (exact) mass is 364 g/mol. The summed E-state index contributed by atoms with van der Waals surface area (Å²) >= 11 is 0.936. The molecular formula is C14H12N4O4S2. The highest BCUT2D eigenvalue weighted by Crippen LogP contribution is 2.34. The third-order valence-corrected chi connectivity index (χ3v) is 5.01. The van der Waals surface area contributed by atoms with Crippen LogP contribution in [0, 0.1) is 6.92 Å². The van der Waals surface area contributed by atoms with Gasteiger partial charge in [-0.2, -0.15) is 5.10 Å². The van der Waals surface area contributed by atoms with Crippen molar-refractivity contribution in [3.8, 4) is 5.69 Å². The van der Waals surface area contributed by atoms with Crippen LogP contribution in [0.1, 0.15) is 16.2 Å². The smallest absolute Gasteiger partial charge is 0.357 e. The summed E-state index contributed by atoms with van der Waals surface area (Å²) in [5.74, 6) is -1.29. The first-order chi connectivity index (χ1) is 11.5. The average Bonchev–Trinajstić information content (AvgIpc) is 3.17. The van der Waals surface area contributed by atoms with E-state index < -0.39 is 16.9 Å². The van der Waals surface area contributed by atoms with Crippen LogP contribution >= 0.6 is 11.3 Å². The summed E-state index contributed by atoms with van der Waals surface area (Å²) in [6.07, 6.45) is 1.39. The molecule has 2 heterocycles. The quantitative estimate of drug-likeness (QED) is 0.671. The minimum Gasteiger partial charge on any atom is -0.476 e. The van der Waals surface area contributed by atoms with Crippen LogP contribution < -0.4 is 4.31 Å². The number of rotatable bonds is 5. The second kappa shape index (κ2) is 6.42. The summed E-state index contributed by atoms with van der Waals surface area (Å²) in [4.78, 5) is 15.0. The van der Waals surface area contributed by atoms with E-state index in [1.165, 1.54) is 11.7 Å². The number of para-hydroxylation sites is 1. The van der Waals surface area contributed by atoms with Crippen molar-refractivity contribution in [1.29, 1.82) is 0 Å². The van der Waals surface area contributed by atoms with E-state index in [1.807, 2.05) is 30.3 Å². The maximum atomic E-state index is 11.8. The number of hydrogen-bond acceptors (Lipinski definition) is 6. The lowest BCUT2D eigenvalue weighted by molar-refractivity contribution is 0.0692. The Balaban J connectivity index is 2.13. The van der Waals surface area contributed by atoms with Crippen LogP contribution in [-0.4, -0.2) is 34.3 Å². The van der Waals surface area contributed by atoms with Crippen molar-refractivity contribution >= 4 is 38.9 Å². The molecule has 0 aliphatic carbocycles. The number of anilines is 2. The Labute approximate surface area is 142 Å². The van der Waals surface area contributed by atoms with E-state index in [4.69, 9.17) is 0 Å². The lowest BCUT2D eigenvalue weighted by Gasteiger charge is -2.15. The van der Waals surface area contributed by atoms with Gasteiger partial charge in [-0.3, -0.25) is 0 Å². The van der Waals surface area contributed by atoms with Gasteiger partial charge in [0.25, 0.3) is 0 Å². The SMILES string of the molecule is Cc1c(N(c2scnc2C(=O)O)[SH](=O)=O)cnn1-c1ccccc1. The Morgan fingerprint density at radius 1 is 1.29 bits per heavy atom. The van der Waals surface area contributed by atoms with Crippen molar-refractivity contribution in [1.82, 2.24) is 14.8 Å². The van der Waals surface area contributed by atoms with E-state index in [2.05, 4.69) is 10.1 Å². The van der Waals surface area contributed by atoms with E-state index >= 15 is 0 Å². The standard InChI is InChI=1S/C14H12N4O4S2/c1-9-11(7-16-17(9)10-5-3-2-4-6-10)18(24(21)22)13-12(14(19)20)15-8-23-13/h2-8,24H,1H3,(H,19,20). The molecule has 3 rings (SSSR count). The van der Waals surface area contributed by atoms with Crippen LogP contribution in [-0.2, 0) is 10.9 Å². The molecule has 1 aromatic carbocycles. The maximum Gasteiger partial charge on any atom is 0.357 e. The Hall–Kier alpha value is -2.72. The van der Waals surface area contributed by atoms with Gasteiger partial charge in [-0.15, -0.1) is 11.3 Å². The molecule has 0 atom stereocenters. The maximum absolute atomic E-state index is 11.8. The zero-order valence-electron chi connectivity index (χ0n) is 12.4. The van der Waals surface area contributed by atoms with Crippen LogP contribution in [0.25, 0.3) is 5.69 Å². The summed E-state index contributed by atoms with van der Waals surface area (Å²) in [5.41, 5.74) is 2.59. The highest BCUT2D eigenvalue weighted by Gasteiger charge is 2.25. The zero-order valence-corrected chi connectivity index (χ0v) is 14.1. The molecule has 0 unspecified atom stereocenters. The number of carbonyl (C=O) groups is 1. The fraction of sp³-hybridized carbons (Fsp3) is 0.0714. The van der Waals surface area contributed by atoms with Gasteiger partial charge in [0.05, 0.1) is 28.8 Å². The molecule has 124 valence electrons. The predicted molar refractivity (Wildman–Crippen MR) is 89.8 cm³/mol. The molecule has 0 radical (unpaired) electrons. The molecule has 0 bridgehead atoms. The molecule has 1 N–H and O–H groups in total. The average molecular weight is 364 g/mol. The molecule has 2 aromatic heterocycles.